The number of carbonyl (C=O) groups excluding carboxylic acids is 1. The molecule has 0 aliphatic carbocycles. The predicted molar refractivity (Wildman–Crippen MR) is 107 cm³/mol. The van der Waals surface area contributed by atoms with Crippen molar-refractivity contribution in [1.82, 2.24) is 5.32 Å². The molecule has 0 radical (unpaired) electrons. The maximum absolute atomic E-state index is 11.8. The fourth-order valence-electron chi connectivity index (χ4n) is 2.93. The Morgan fingerprint density at radius 3 is 2.56 bits per heavy atom. The first-order valence-electron chi connectivity index (χ1n) is 9.83. The van der Waals surface area contributed by atoms with Crippen LogP contribution in [0, 0.1) is 6.92 Å². The molecule has 1 rings (SSSR count). The summed E-state index contributed by atoms with van der Waals surface area (Å²) in [4.78, 5) is 11.8. The number of phenolic OH excluding ortho intramolecular Hbond substituents is 1. The van der Waals surface area contributed by atoms with E-state index in [0.717, 1.165) is 37.1 Å². The second-order valence-electron chi connectivity index (χ2n) is 6.75. The predicted octanol–water partition coefficient (Wildman–Crippen LogP) is 5.19. The topological polar surface area (TPSA) is 49.3 Å². The Balaban J connectivity index is 2.55. The van der Waals surface area contributed by atoms with Crippen LogP contribution < -0.4 is 5.32 Å². The van der Waals surface area contributed by atoms with Crippen LogP contribution in [0.25, 0.3) is 6.08 Å². The molecule has 2 N–H and O–H groups in total. The normalized spacial score (nSPS) is 11.3. The van der Waals surface area contributed by atoms with Gasteiger partial charge in [-0.05, 0) is 68.1 Å². The van der Waals surface area contributed by atoms with Crippen LogP contribution in [-0.2, 0) is 11.2 Å². The van der Waals surface area contributed by atoms with E-state index in [1.807, 2.05) is 26.0 Å². The molecular weight excluding hydrogens is 310 g/mol. The summed E-state index contributed by atoms with van der Waals surface area (Å²) >= 11 is 0. The van der Waals surface area contributed by atoms with Crippen LogP contribution in [0.2, 0.25) is 0 Å². The largest absolute Gasteiger partial charge is 0.508 e. The molecule has 0 unspecified atom stereocenters. The van der Waals surface area contributed by atoms with Crippen LogP contribution in [0.5, 0.6) is 5.75 Å². The molecule has 0 atom stereocenters. The molecular formula is C22H35NO2. The summed E-state index contributed by atoms with van der Waals surface area (Å²) in [7, 11) is 0. The van der Waals surface area contributed by atoms with Crippen molar-refractivity contribution < 1.29 is 9.90 Å². The number of carbonyl (C=O) groups is 1. The zero-order valence-corrected chi connectivity index (χ0v) is 16.2. The molecule has 0 bridgehead atoms. The summed E-state index contributed by atoms with van der Waals surface area (Å²) in [6.07, 6.45) is 12.3. The molecule has 3 heteroatoms. The van der Waals surface area contributed by atoms with Crippen molar-refractivity contribution in [3.8, 4) is 5.75 Å². The number of phenols is 1. The van der Waals surface area contributed by atoms with E-state index in [4.69, 9.17) is 0 Å². The second-order valence-corrected chi connectivity index (χ2v) is 6.75. The Bertz CT molecular complexity index is 549. The number of hydrogen-bond donors (Lipinski definition) is 2. The third-order valence-corrected chi connectivity index (χ3v) is 4.54. The van der Waals surface area contributed by atoms with E-state index in [2.05, 4.69) is 12.2 Å². The lowest BCUT2D eigenvalue weighted by atomic mass is 9.97. The molecule has 1 aromatic carbocycles. The van der Waals surface area contributed by atoms with Crippen LogP contribution in [-0.4, -0.2) is 24.0 Å². The van der Waals surface area contributed by atoms with Crippen molar-refractivity contribution in [3.05, 3.63) is 34.9 Å². The van der Waals surface area contributed by atoms with Gasteiger partial charge in [0.2, 0.25) is 0 Å². The molecule has 0 aliphatic rings. The molecule has 0 saturated heterocycles. The third kappa shape index (κ3) is 8.35. The minimum atomic E-state index is 0.140. The van der Waals surface area contributed by atoms with Crippen molar-refractivity contribution in [3.63, 3.8) is 0 Å². The van der Waals surface area contributed by atoms with Gasteiger partial charge in [0.15, 0.2) is 5.78 Å². The van der Waals surface area contributed by atoms with Gasteiger partial charge >= 0.3 is 0 Å². The molecule has 25 heavy (non-hydrogen) atoms. The number of ketones is 1. The number of allylic oxidation sites excluding steroid dienone is 1. The van der Waals surface area contributed by atoms with Gasteiger partial charge in [0, 0.05) is 6.42 Å². The van der Waals surface area contributed by atoms with Crippen LogP contribution in [0.3, 0.4) is 0 Å². The highest BCUT2D eigenvalue weighted by Gasteiger charge is 2.08. The van der Waals surface area contributed by atoms with E-state index in [0.29, 0.717) is 6.42 Å². The maximum atomic E-state index is 11.8. The first-order valence-corrected chi connectivity index (χ1v) is 9.83. The van der Waals surface area contributed by atoms with Crippen LogP contribution >= 0.6 is 0 Å². The summed E-state index contributed by atoms with van der Waals surface area (Å²) in [5.74, 6) is 0.427. The van der Waals surface area contributed by atoms with E-state index in [-0.39, 0.29) is 11.5 Å². The highest BCUT2D eigenvalue weighted by atomic mass is 16.3. The van der Waals surface area contributed by atoms with Crippen molar-refractivity contribution >= 4 is 11.9 Å². The van der Waals surface area contributed by atoms with Crippen LogP contribution in [0.4, 0.5) is 0 Å². The first kappa shape index (κ1) is 21.4. The van der Waals surface area contributed by atoms with Gasteiger partial charge in [0.1, 0.15) is 5.75 Å². The molecule has 0 fully saturated rings. The Morgan fingerprint density at radius 1 is 1.08 bits per heavy atom. The van der Waals surface area contributed by atoms with E-state index in [9.17, 15) is 9.90 Å². The van der Waals surface area contributed by atoms with Crippen molar-refractivity contribution in [2.45, 2.75) is 72.1 Å². The monoisotopic (exact) mass is 345 g/mol. The lowest BCUT2D eigenvalue weighted by Crippen LogP contribution is -2.19. The lowest BCUT2D eigenvalue weighted by Gasteiger charge is -2.12. The van der Waals surface area contributed by atoms with Crippen LogP contribution in [0.1, 0.15) is 75.5 Å². The molecule has 0 saturated carbocycles. The van der Waals surface area contributed by atoms with E-state index >= 15 is 0 Å². The number of nitrogens with one attached hydrogen (secondary N) is 1. The SMILES string of the molecule is CCCCCCCNCCc1ccc(O)c(C)c1/C=C\C(=O)CCC. The Labute approximate surface area is 153 Å². The fraction of sp³-hybridized carbons (Fsp3) is 0.591. The summed E-state index contributed by atoms with van der Waals surface area (Å²) in [6, 6.07) is 3.72. The van der Waals surface area contributed by atoms with Gasteiger partial charge in [0.05, 0.1) is 0 Å². The number of rotatable bonds is 13. The minimum Gasteiger partial charge on any atom is -0.508 e. The van der Waals surface area contributed by atoms with Gasteiger partial charge in [-0.25, -0.2) is 0 Å². The number of hydrogen-bond acceptors (Lipinski definition) is 3. The van der Waals surface area contributed by atoms with Gasteiger partial charge in [-0.15, -0.1) is 0 Å². The molecule has 140 valence electrons. The quantitative estimate of drug-likeness (QED) is 0.382. The second kappa shape index (κ2) is 12.7. The third-order valence-electron chi connectivity index (χ3n) is 4.54. The standard InChI is InChI=1S/C22H35NO2/c1-4-6-7-8-9-16-23-17-15-19-11-14-22(25)18(3)21(19)13-12-20(24)10-5-2/h11-14,23,25H,4-10,15-17H2,1-3H3/b13-12-. The lowest BCUT2D eigenvalue weighted by molar-refractivity contribution is -0.114. The van der Waals surface area contributed by atoms with E-state index < -0.39 is 0 Å². The highest BCUT2D eigenvalue weighted by Crippen LogP contribution is 2.25. The van der Waals surface area contributed by atoms with Crippen molar-refractivity contribution in [1.29, 1.82) is 0 Å². The maximum Gasteiger partial charge on any atom is 0.155 e. The number of aromatic hydroxyl groups is 1. The van der Waals surface area contributed by atoms with Crippen LogP contribution in [0.15, 0.2) is 18.2 Å². The van der Waals surface area contributed by atoms with Gasteiger partial charge in [-0.2, -0.15) is 0 Å². The zero-order chi connectivity index (χ0) is 18.5. The summed E-state index contributed by atoms with van der Waals surface area (Å²) < 4.78 is 0. The van der Waals surface area contributed by atoms with Gasteiger partial charge in [0.25, 0.3) is 0 Å². The first-order chi connectivity index (χ1) is 12.1. The van der Waals surface area contributed by atoms with Gasteiger partial charge < -0.3 is 10.4 Å². The number of unbranched alkanes of at least 4 members (excludes halogenated alkanes) is 4. The van der Waals surface area contributed by atoms with E-state index in [1.165, 1.54) is 37.7 Å². The van der Waals surface area contributed by atoms with Gasteiger partial charge in [-0.3, -0.25) is 4.79 Å². The molecule has 0 aromatic heterocycles. The Morgan fingerprint density at radius 2 is 1.84 bits per heavy atom. The summed E-state index contributed by atoms with van der Waals surface area (Å²) in [5.41, 5.74) is 3.00. The van der Waals surface area contributed by atoms with Crippen molar-refractivity contribution in [2.75, 3.05) is 13.1 Å². The molecule has 0 spiro atoms. The number of benzene rings is 1. The minimum absolute atomic E-state index is 0.140. The molecule has 3 nitrogen and oxygen atoms in total. The Hall–Kier alpha value is -1.61. The average molecular weight is 346 g/mol. The van der Waals surface area contributed by atoms with Gasteiger partial charge in [-0.1, -0.05) is 51.7 Å². The summed E-state index contributed by atoms with van der Waals surface area (Å²) in [5, 5.41) is 13.5. The smallest absolute Gasteiger partial charge is 0.155 e. The zero-order valence-electron chi connectivity index (χ0n) is 16.2. The van der Waals surface area contributed by atoms with Crippen molar-refractivity contribution in [2.24, 2.45) is 0 Å². The summed E-state index contributed by atoms with van der Waals surface area (Å²) in [6.45, 7) is 8.12. The molecule has 0 heterocycles. The molecule has 1 aromatic rings. The Kier molecular flexibility index (Phi) is 10.9. The van der Waals surface area contributed by atoms with E-state index in [1.54, 1.807) is 12.1 Å². The highest BCUT2D eigenvalue weighted by molar-refractivity contribution is 5.94. The molecule has 0 amide bonds. The fourth-order valence-corrected chi connectivity index (χ4v) is 2.93. The average Bonchev–Trinajstić information content (AvgIpc) is 2.60. The molecule has 0 aliphatic heterocycles.